The first-order valence-electron chi connectivity index (χ1n) is 7.23. The van der Waals surface area contributed by atoms with Gasteiger partial charge in [0.15, 0.2) is 0 Å². The van der Waals surface area contributed by atoms with Crippen molar-refractivity contribution in [1.82, 2.24) is 9.78 Å². The van der Waals surface area contributed by atoms with Crippen molar-refractivity contribution in [2.75, 3.05) is 0 Å². The van der Waals surface area contributed by atoms with Crippen LogP contribution in [0.5, 0.6) is 0 Å². The summed E-state index contributed by atoms with van der Waals surface area (Å²) in [5.74, 6) is 1.03. The number of ether oxygens (including phenoxy) is 1. The Morgan fingerprint density at radius 1 is 1.30 bits per heavy atom. The maximum Gasteiger partial charge on any atom is 0.303 e. The second-order valence-electron chi connectivity index (χ2n) is 6.75. The molecule has 0 unspecified atom stereocenters. The number of hydrogen-bond acceptors (Lipinski definition) is 2. The van der Waals surface area contributed by atoms with Gasteiger partial charge in [-0.05, 0) is 31.9 Å². The summed E-state index contributed by atoms with van der Waals surface area (Å²) in [5.41, 5.74) is 2.79. The average Bonchev–Trinajstić information content (AvgIpc) is 2.98. The molecule has 1 aliphatic carbocycles. The van der Waals surface area contributed by atoms with Crippen molar-refractivity contribution in [2.45, 2.75) is 51.5 Å². The van der Waals surface area contributed by atoms with Gasteiger partial charge in [-0.3, -0.25) is 0 Å². The van der Waals surface area contributed by atoms with Gasteiger partial charge in [0.1, 0.15) is 24.3 Å². The van der Waals surface area contributed by atoms with Crippen molar-refractivity contribution in [3.63, 3.8) is 0 Å². The van der Waals surface area contributed by atoms with Gasteiger partial charge < -0.3 is 4.74 Å². The van der Waals surface area contributed by atoms with Crippen LogP contribution in [-0.2, 0) is 23.3 Å². The first-order chi connectivity index (χ1) is 9.54. The second-order valence-corrected chi connectivity index (χ2v) is 6.75. The molecule has 2 aliphatic rings. The summed E-state index contributed by atoms with van der Waals surface area (Å²) in [7, 11) is 0. The molecule has 1 aromatic heterocycles. The van der Waals surface area contributed by atoms with E-state index < -0.39 is 0 Å². The van der Waals surface area contributed by atoms with E-state index in [0.29, 0.717) is 6.61 Å². The third kappa shape index (κ3) is 1.64. The van der Waals surface area contributed by atoms with Crippen molar-refractivity contribution in [3.8, 4) is 0 Å². The molecule has 4 heteroatoms. The molecule has 2 heterocycles. The van der Waals surface area contributed by atoms with Crippen LogP contribution in [0.1, 0.15) is 43.8 Å². The Bertz CT molecular complexity index is 669. The lowest BCUT2D eigenvalue weighted by Gasteiger charge is -2.23. The number of hydrogen-bond donors (Lipinski definition) is 0. The molecule has 1 aromatic carbocycles. The van der Waals surface area contributed by atoms with Crippen molar-refractivity contribution in [2.24, 2.45) is 0 Å². The van der Waals surface area contributed by atoms with Crippen molar-refractivity contribution < 1.29 is 9.30 Å². The summed E-state index contributed by atoms with van der Waals surface area (Å²) < 4.78 is 10.4. The molecule has 0 amide bonds. The van der Waals surface area contributed by atoms with Crippen molar-refractivity contribution >= 4 is 0 Å². The summed E-state index contributed by atoms with van der Waals surface area (Å²) in [5, 5.41) is 4.71. The van der Waals surface area contributed by atoms with E-state index >= 15 is 0 Å². The molecule has 0 radical (unpaired) electrons. The summed E-state index contributed by atoms with van der Waals surface area (Å²) >= 11 is 0. The number of benzene rings is 1. The molecule has 0 N–H and O–H groups in total. The van der Waals surface area contributed by atoms with Crippen LogP contribution in [0.3, 0.4) is 0 Å². The van der Waals surface area contributed by atoms with Gasteiger partial charge in [-0.25, -0.2) is 4.57 Å². The predicted molar refractivity (Wildman–Crippen MR) is 74.3 cm³/mol. The van der Waals surface area contributed by atoms with Crippen LogP contribution in [0.25, 0.3) is 0 Å². The van der Waals surface area contributed by atoms with E-state index in [4.69, 9.17) is 9.84 Å². The third-order valence-corrected chi connectivity index (χ3v) is 4.32. The molecule has 0 saturated carbocycles. The van der Waals surface area contributed by atoms with E-state index in [1.807, 2.05) is 0 Å². The van der Waals surface area contributed by atoms with E-state index in [-0.39, 0.29) is 17.7 Å². The smallest absolute Gasteiger partial charge is 0.303 e. The van der Waals surface area contributed by atoms with Gasteiger partial charge in [0.25, 0.3) is 0 Å². The first kappa shape index (κ1) is 12.1. The van der Waals surface area contributed by atoms with Gasteiger partial charge in [0.2, 0.25) is 6.33 Å². The standard InChI is InChI=1S/C16H20N3O/c1-16(2,3)19-10-18-14(17-19)9-20-13-8-11-6-4-5-7-12(11)15(13)18/h4-7,10,13,15H,8-9H2,1-3H3/q+1/t13-,15+/m0/s1. The molecule has 0 fully saturated rings. The lowest BCUT2D eigenvalue weighted by molar-refractivity contribution is -0.739. The van der Waals surface area contributed by atoms with Gasteiger partial charge in [-0.1, -0.05) is 24.3 Å². The Labute approximate surface area is 119 Å². The zero-order chi connectivity index (χ0) is 13.9. The monoisotopic (exact) mass is 270 g/mol. The molecular weight excluding hydrogens is 250 g/mol. The largest absolute Gasteiger partial charge is 0.363 e. The van der Waals surface area contributed by atoms with Crippen molar-refractivity contribution in [1.29, 1.82) is 0 Å². The average molecular weight is 270 g/mol. The zero-order valence-electron chi connectivity index (χ0n) is 12.2. The summed E-state index contributed by atoms with van der Waals surface area (Å²) in [6.45, 7) is 7.13. The van der Waals surface area contributed by atoms with Gasteiger partial charge in [-0.2, -0.15) is 0 Å². The fourth-order valence-electron chi connectivity index (χ4n) is 3.24. The Morgan fingerprint density at radius 2 is 2.10 bits per heavy atom. The predicted octanol–water partition coefficient (Wildman–Crippen LogP) is 1.97. The number of aromatic nitrogens is 3. The van der Waals surface area contributed by atoms with Crippen LogP contribution in [-0.4, -0.2) is 15.9 Å². The number of nitrogens with zero attached hydrogens (tertiary/aromatic N) is 3. The van der Waals surface area contributed by atoms with E-state index in [0.717, 1.165) is 12.2 Å². The third-order valence-electron chi connectivity index (χ3n) is 4.32. The SMILES string of the molecule is CC(C)(C)n1c[n+]2c(n1)CO[C@H]1Cc3ccccc3[C@H]12. The first-order valence-corrected chi connectivity index (χ1v) is 7.23. The number of fused-ring (bicyclic) bond motifs is 5. The van der Waals surface area contributed by atoms with Gasteiger partial charge in [0.05, 0.1) is 0 Å². The molecule has 0 saturated heterocycles. The summed E-state index contributed by atoms with van der Waals surface area (Å²) in [6.07, 6.45) is 3.41. The second kappa shape index (κ2) is 3.92. The van der Waals surface area contributed by atoms with Gasteiger partial charge in [-0.15, -0.1) is 4.68 Å². The normalized spacial score (nSPS) is 24.1. The lowest BCUT2D eigenvalue weighted by Crippen LogP contribution is -2.51. The molecule has 1 aliphatic heterocycles. The Balaban J connectivity index is 1.85. The maximum atomic E-state index is 6.04. The molecular formula is C16H20N3O+. The highest BCUT2D eigenvalue weighted by atomic mass is 16.5. The molecule has 0 bridgehead atoms. The van der Waals surface area contributed by atoms with E-state index in [9.17, 15) is 0 Å². The van der Waals surface area contributed by atoms with Crippen LogP contribution >= 0.6 is 0 Å². The van der Waals surface area contributed by atoms with Crippen LogP contribution in [0, 0.1) is 0 Å². The van der Waals surface area contributed by atoms with Crippen LogP contribution in [0.15, 0.2) is 30.6 Å². The minimum absolute atomic E-state index is 0.00202. The zero-order valence-corrected chi connectivity index (χ0v) is 12.2. The highest BCUT2D eigenvalue weighted by Gasteiger charge is 2.43. The van der Waals surface area contributed by atoms with Crippen LogP contribution < -0.4 is 4.57 Å². The van der Waals surface area contributed by atoms with Gasteiger partial charge in [0, 0.05) is 11.5 Å². The molecule has 4 rings (SSSR count). The fourth-order valence-corrected chi connectivity index (χ4v) is 3.24. The molecule has 0 spiro atoms. The Morgan fingerprint density at radius 3 is 2.90 bits per heavy atom. The minimum Gasteiger partial charge on any atom is -0.363 e. The van der Waals surface area contributed by atoms with E-state index in [1.165, 1.54) is 11.1 Å². The minimum atomic E-state index is -0.00202. The highest BCUT2D eigenvalue weighted by molar-refractivity contribution is 5.35. The van der Waals surface area contributed by atoms with E-state index in [1.54, 1.807) is 0 Å². The van der Waals surface area contributed by atoms with Gasteiger partial charge >= 0.3 is 5.82 Å². The fraction of sp³-hybridized carbons (Fsp3) is 0.500. The number of rotatable bonds is 0. The lowest BCUT2D eigenvalue weighted by atomic mass is 10.1. The van der Waals surface area contributed by atoms with Crippen molar-refractivity contribution in [3.05, 3.63) is 47.5 Å². The molecule has 2 atom stereocenters. The van der Waals surface area contributed by atoms with Crippen LogP contribution in [0.2, 0.25) is 0 Å². The maximum absolute atomic E-state index is 6.04. The molecule has 20 heavy (non-hydrogen) atoms. The van der Waals surface area contributed by atoms with E-state index in [2.05, 4.69) is 60.6 Å². The summed E-state index contributed by atoms with van der Waals surface area (Å²) in [4.78, 5) is 0. The molecule has 4 nitrogen and oxygen atoms in total. The van der Waals surface area contributed by atoms with Crippen LogP contribution in [0.4, 0.5) is 0 Å². The Kier molecular flexibility index (Phi) is 2.37. The molecule has 2 aromatic rings. The topological polar surface area (TPSA) is 30.9 Å². The quantitative estimate of drug-likeness (QED) is 0.685. The highest BCUT2D eigenvalue weighted by Crippen LogP contribution is 2.35. The Hall–Kier alpha value is -1.68. The molecule has 104 valence electrons. The summed E-state index contributed by atoms with van der Waals surface area (Å²) in [6, 6.07) is 8.95.